The zero-order chi connectivity index (χ0) is 9.84. The van der Waals surface area contributed by atoms with Gasteiger partial charge in [-0.3, -0.25) is 0 Å². The van der Waals surface area contributed by atoms with Gasteiger partial charge in [0.25, 0.3) is 0 Å². The molecule has 0 bridgehead atoms. The number of aryl methyl sites for hydroxylation is 2. The molecule has 0 heterocycles. The summed E-state index contributed by atoms with van der Waals surface area (Å²) in [4.78, 5) is 1.23. The van der Waals surface area contributed by atoms with Crippen LogP contribution in [0.4, 0.5) is 0 Å². The Morgan fingerprint density at radius 3 is 2.31 bits per heavy atom. The van der Waals surface area contributed by atoms with Gasteiger partial charge < -0.3 is 5.11 Å². The Hall–Kier alpha value is 0.01000. The summed E-state index contributed by atoms with van der Waals surface area (Å²) in [6, 6.07) is 4.27. The third-order valence-corrected chi connectivity index (χ3v) is 3.98. The van der Waals surface area contributed by atoms with E-state index in [1.807, 2.05) is 0 Å². The zero-order valence-electron chi connectivity index (χ0n) is 7.80. The smallest absolute Gasteiger partial charge is 0.0525 e. The zero-order valence-corrected chi connectivity index (χ0v) is 10.2. The van der Waals surface area contributed by atoms with Crippen LogP contribution in [-0.4, -0.2) is 17.5 Å². The highest BCUT2D eigenvalue weighted by molar-refractivity contribution is 9.10. The molecular formula is C10H13BrOS. The lowest BCUT2D eigenvalue weighted by Gasteiger charge is -2.06. The summed E-state index contributed by atoms with van der Waals surface area (Å²) in [5, 5.41) is 8.69. The van der Waals surface area contributed by atoms with Crippen molar-refractivity contribution in [1.29, 1.82) is 0 Å². The van der Waals surface area contributed by atoms with Gasteiger partial charge in [0.2, 0.25) is 0 Å². The predicted octanol–water partition coefficient (Wildman–Crippen LogP) is 3.15. The molecule has 0 radical (unpaired) electrons. The van der Waals surface area contributed by atoms with Crippen LogP contribution in [0.5, 0.6) is 0 Å². The number of rotatable bonds is 3. The van der Waals surface area contributed by atoms with E-state index in [1.54, 1.807) is 11.8 Å². The Bertz CT molecular complexity index is 276. The van der Waals surface area contributed by atoms with Crippen LogP contribution in [0.1, 0.15) is 11.1 Å². The molecule has 0 spiro atoms. The lowest BCUT2D eigenvalue weighted by molar-refractivity contribution is 0.322. The van der Waals surface area contributed by atoms with E-state index in [2.05, 4.69) is 41.9 Å². The summed E-state index contributed by atoms with van der Waals surface area (Å²) >= 11 is 5.21. The molecule has 1 N–H and O–H groups in total. The molecule has 1 aromatic rings. The number of aliphatic hydroxyl groups is 1. The molecular weight excluding hydrogens is 248 g/mol. The summed E-state index contributed by atoms with van der Waals surface area (Å²) in [5.41, 5.74) is 2.50. The van der Waals surface area contributed by atoms with Crippen molar-refractivity contribution in [2.24, 2.45) is 0 Å². The Balaban J connectivity index is 2.86. The van der Waals surface area contributed by atoms with Crippen LogP contribution >= 0.6 is 27.7 Å². The van der Waals surface area contributed by atoms with Gasteiger partial charge in [0.1, 0.15) is 0 Å². The van der Waals surface area contributed by atoms with Crippen LogP contribution in [0.15, 0.2) is 21.5 Å². The summed E-state index contributed by atoms with van der Waals surface area (Å²) in [7, 11) is 0. The van der Waals surface area contributed by atoms with Crippen molar-refractivity contribution < 1.29 is 5.11 Å². The molecule has 1 nitrogen and oxygen atoms in total. The Kier molecular flexibility index (Phi) is 4.29. The van der Waals surface area contributed by atoms with Gasteiger partial charge in [-0.1, -0.05) is 15.9 Å². The largest absolute Gasteiger partial charge is 0.396 e. The van der Waals surface area contributed by atoms with E-state index in [1.165, 1.54) is 20.5 Å². The van der Waals surface area contributed by atoms with Crippen LogP contribution < -0.4 is 0 Å². The highest BCUT2D eigenvalue weighted by Crippen LogP contribution is 2.27. The van der Waals surface area contributed by atoms with Gasteiger partial charge in [-0.25, -0.2) is 0 Å². The summed E-state index contributed by atoms with van der Waals surface area (Å²) in [6.07, 6.45) is 0. The van der Waals surface area contributed by atoms with Crippen molar-refractivity contribution >= 4 is 27.7 Å². The Morgan fingerprint density at radius 2 is 1.85 bits per heavy atom. The first-order chi connectivity index (χ1) is 6.15. The van der Waals surface area contributed by atoms with Crippen molar-refractivity contribution in [3.63, 3.8) is 0 Å². The molecule has 0 amide bonds. The van der Waals surface area contributed by atoms with E-state index in [-0.39, 0.29) is 6.61 Å². The minimum absolute atomic E-state index is 0.235. The van der Waals surface area contributed by atoms with Crippen molar-refractivity contribution in [1.82, 2.24) is 0 Å². The monoisotopic (exact) mass is 260 g/mol. The van der Waals surface area contributed by atoms with Gasteiger partial charge in [0.15, 0.2) is 0 Å². The molecule has 13 heavy (non-hydrogen) atoms. The quantitative estimate of drug-likeness (QED) is 0.843. The van der Waals surface area contributed by atoms with Gasteiger partial charge in [0, 0.05) is 15.1 Å². The van der Waals surface area contributed by atoms with Crippen molar-refractivity contribution in [3.05, 3.63) is 27.7 Å². The first-order valence-electron chi connectivity index (χ1n) is 4.15. The average molecular weight is 261 g/mol. The summed E-state index contributed by atoms with van der Waals surface area (Å²) in [6.45, 7) is 4.40. The number of aliphatic hydroxyl groups excluding tert-OH is 1. The van der Waals surface area contributed by atoms with Gasteiger partial charge >= 0.3 is 0 Å². The van der Waals surface area contributed by atoms with Crippen molar-refractivity contribution in [2.75, 3.05) is 12.4 Å². The molecule has 0 aliphatic heterocycles. The molecule has 0 saturated carbocycles. The Morgan fingerprint density at radius 1 is 1.31 bits per heavy atom. The molecule has 0 atom stereocenters. The molecule has 1 rings (SSSR count). The topological polar surface area (TPSA) is 20.2 Å². The lowest BCUT2D eigenvalue weighted by atomic mass is 10.2. The van der Waals surface area contributed by atoms with Crippen molar-refractivity contribution in [2.45, 2.75) is 18.7 Å². The maximum Gasteiger partial charge on any atom is 0.0525 e. The van der Waals surface area contributed by atoms with E-state index in [9.17, 15) is 0 Å². The number of hydrogen-bond acceptors (Lipinski definition) is 2. The molecule has 3 heteroatoms. The molecule has 0 aliphatic rings. The third-order valence-electron chi connectivity index (χ3n) is 1.77. The fraction of sp³-hybridized carbons (Fsp3) is 0.400. The minimum atomic E-state index is 0.235. The maximum atomic E-state index is 8.69. The van der Waals surface area contributed by atoms with Gasteiger partial charge in [-0.15, -0.1) is 11.8 Å². The standard InChI is InChI=1S/C10H13BrOS/c1-7-5-9(13-4-3-12)6-8(2)10(7)11/h5-6,12H,3-4H2,1-2H3. The average Bonchev–Trinajstić information content (AvgIpc) is 2.10. The molecule has 0 unspecified atom stereocenters. The Labute approximate surface area is 91.7 Å². The minimum Gasteiger partial charge on any atom is -0.396 e. The van der Waals surface area contributed by atoms with Gasteiger partial charge in [-0.2, -0.15) is 0 Å². The molecule has 0 fully saturated rings. The maximum absolute atomic E-state index is 8.69. The first-order valence-corrected chi connectivity index (χ1v) is 5.93. The highest BCUT2D eigenvalue weighted by Gasteiger charge is 2.01. The van der Waals surface area contributed by atoms with Gasteiger partial charge in [-0.05, 0) is 37.1 Å². The van der Waals surface area contributed by atoms with E-state index < -0.39 is 0 Å². The van der Waals surface area contributed by atoms with Crippen LogP contribution in [0.2, 0.25) is 0 Å². The SMILES string of the molecule is Cc1cc(SCCO)cc(C)c1Br. The third kappa shape index (κ3) is 3.01. The fourth-order valence-corrected chi connectivity index (χ4v) is 2.23. The van der Waals surface area contributed by atoms with E-state index in [0.29, 0.717) is 0 Å². The number of halogens is 1. The number of hydrogen-bond donors (Lipinski definition) is 1. The first kappa shape index (κ1) is 11.1. The molecule has 0 aromatic heterocycles. The second-order valence-corrected chi connectivity index (χ2v) is 4.90. The molecule has 0 aliphatic carbocycles. The second-order valence-electron chi connectivity index (χ2n) is 2.94. The molecule has 1 aromatic carbocycles. The fourth-order valence-electron chi connectivity index (χ4n) is 1.15. The van der Waals surface area contributed by atoms with E-state index in [4.69, 9.17) is 5.11 Å². The van der Waals surface area contributed by atoms with Crippen molar-refractivity contribution in [3.8, 4) is 0 Å². The van der Waals surface area contributed by atoms with Crippen LogP contribution in [0, 0.1) is 13.8 Å². The predicted molar refractivity (Wildman–Crippen MR) is 61.4 cm³/mol. The summed E-state index contributed by atoms with van der Waals surface area (Å²) in [5.74, 6) is 0.764. The van der Waals surface area contributed by atoms with Crippen LogP contribution in [-0.2, 0) is 0 Å². The van der Waals surface area contributed by atoms with Crippen LogP contribution in [0.25, 0.3) is 0 Å². The molecule has 0 saturated heterocycles. The highest BCUT2D eigenvalue weighted by atomic mass is 79.9. The summed E-state index contributed by atoms with van der Waals surface area (Å²) < 4.78 is 1.18. The number of benzene rings is 1. The molecule has 72 valence electrons. The van der Waals surface area contributed by atoms with E-state index in [0.717, 1.165) is 5.75 Å². The normalized spacial score (nSPS) is 10.5. The number of thioether (sulfide) groups is 1. The van der Waals surface area contributed by atoms with Crippen LogP contribution in [0.3, 0.4) is 0 Å². The van der Waals surface area contributed by atoms with Gasteiger partial charge in [0.05, 0.1) is 6.61 Å². The lowest BCUT2D eigenvalue weighted by Crippen LogP contribution is -1.88. The van der Waals surface area contributed by atoms with E-state index >= 15 is 0 Å². The second kappa shape index (κ2) is 5.03.